The summed E-state index contributed by atoms with van der Waals surface area (Å²) in [5, 5.41) is 11.2. The van der Waals surface area contributed by atoms with Crippen molar-refractivity contribution in [2.75, 3.05) is 26.4 Å². The SMILES string of the molecule is O=C(NCCOCCO)c1cccc(I)c1. The van der Waals surface area contributed by atoms with Crippen LogP contribution >= 0.6 is 22.6 Å². The molecule has 88 valence electrons. The van der Waals surface area contributed by atoms with E-state index in [9.17, 15) is 4.79 Å². The molecule has 1 amide bonds. The van der Waals surface area contributed by atoms with Crippen LogP contribution in [0.3, 0.4) is 0 Å². The van der Waals surface area contributed by atoms with Crippen LogP contribution in [0.4, 0.5) is 0 Å². The molecule has 0 atom stereocenters. The Morgan fingerprint density at radius 2 is 2.25 bits per heavy atom. The predicted molar refractivity (Wildman–Crippen MR) is 69.4 cm³/mol. The average molecular weight is 335 g/mol. The zero-order valence-corrected chi connectivity index (χ0v) is 10.9. The lowest BCUT2D eigenvalue weighted by Crippen LogP contribution is -2.27. The van der Waals surface area contributed by atoms with E-state index in [0.717, 1.165) is 3.57 Å². The Kier molecular flexibility index (Phi) is 6.36. The molecule has 5 heteroatoms. The van der Waals surface area contributed by atoms with Gasteiger partial charge in [-0.25, -0.2) is 0 Å². The predicted octanol–water partition coefficient (Wildman–Crippen LogP) is 1.03. The van der Waals surface area contributed by atoms with E-state index in [4.69, 9.17) is 9.84 Å². The van der Waals surface area contributed by atoms with Gasteiger partial charge in [0.05, 0.1) is 19.8 Å². The largest absolute Gasteiger partial charge is 0.394 e. The monoisotopic (exact) mass is 335 g/mol. The highest BCUT2D eigenvalue weighted by atomic mass is 127. The van der Waals surface area contributed by atoms with E-state index in [1.54, 1.807) is 6.07 Å². The molecule has 0 aliphatic heterocycles. The summed E-state index contributed by atoms with van der Waals surface area (Å²) in [4.78, 5) is 11.6. The minimum atomic E-state index is -0.105. The molecular formula is C11H14INO3. The summed E-state index contributed by atoms with van der Waals surface area (Å²) in [5.41, 5.74) is 0.647. The van der Waals surface area contributed by atoms with Crippen LogP contribution in [0.15, 0.2) is 24.3 Å². The number of benzene rings is 1. The van der Waals surface area contributed by atoms with E-state index in [0.29, 0.717) is 25.3 Å². The smallest absolute Gasteiger partial charge is 0.251 e. The number of aliphatic hydroxyl groups is 1. The molecule has 0 unspecified atom stereocenters. The minimum Gasteiger partial charge on any atom is -0.394 e. The van der Waals surface area contributed by atoms with E-state index in [1.807, 2.05) is 18.2 Å². The summed E-state index contributed by atoms with van der Waals surface area (Å²) < 4.78 is 6.06. The molecule has 1 rings (SSSR count). The van der Waals surface area contributed by atoms with Gasteiger partial charge >= 0.3 is 0 Å². The molecule has 2 N–H and O–H groups in total. The van der Waals surface area contributed by atoms with Crippen molar-refractivity contribution < 1.29 is 14.6 Å². The Bertz CT molecular complexity index is 344. The topological polar surface area (TPSA) is 58.6 Å². The third kappa shape index (κ3) is 4.91. The number of carbonyl (C=O) groups is 1. The van der Waals surface area contributed by atoms with Gasteiger partial charge in [-0.3, -0.25) is 4.79 Å². The van der Waals surface area contributed by atoms with Crippen molar-refractivity contribution >= 4 is 28.5 Å². The highest BCUT2D eigenvalue weighted by Crippen LogP contribution is 2.07. The molecule has 1 aromatic carbocycles. The summed E-state index contributed by atoms with van der Waals surface area (Å²) >= 11 is 2.16. The first-order chi connectivity index (χ1) is 7.74. The Balaban J connectivity index is 2.30. The third-order valence-electron chi connectivity index (χ3n) is 1.85. The molecule has 0 fully saturated rings. The van der Waals surface area contributed by atoms with Crippen molar-refractivity contribution in [3.05, 3.63) is 33.4 Å². The van der Waals surface area contributed by atoms with E-state index in [1.165, 1.54) is 0 Å². The van der Waals surface area contributed by atoms with E-state index < -0.39 is 0 Å². The van der Waals surface area contributed by atoms with Crippen LogP contribution in [-0.2, 0) is 4.74 Å². The maximum Gasteiger partial charge on any atom is 0.251 e. The van der Waals surface area contributed by atoms with E-state index in [2.05, 4.69) is 27.9 Å². The highest BCUT2D eigenvalue weighted by molar-refractivity contribution is 14.1. The van der Waals surface area contributed by atoms with Gasteiger partial charge in [-0.15, -0.1) is 0 Å². The van der Waals surface area contributed by atoms with Gasteiger partial charge in [-0.05, 0) is 40.8 Å². The average Bonchev–Trinajstić information content (AvgIpc) is 2.28. The van der Waals surface area contributed by atoms with Crippen LogP contribution in [-0.4, -0.2) is 37.4 Å². The second kappa shape index (κ2) is 7.59. The molecule has 0 aliphatic carbocycles. The second-order valence-corrected chi connectivity index (χ2v) is 4.35. The molecule has 0 aromatic heterocycles. The Hall–Kier alpha value is -0.660. The van der Waals surface area contributed by atoms with Crippen LogP contribution in [0.2, 0.25) is 0 Å². The molecule has 4 nitrogen and oxygen atoms in total. The normalized spacial score (nSPS) is 10.1. The number of ether oxygens (including phenoxy) is 1. The zero-order chi connectivity index (χ0) is 11.8. The molecular weight excluding hydrogens is 321 g/mol. The molecule has 16 heavy (non-hydrogen) atoms. The van der Waals surface area contributed by atoms with Crippen LogP contribution in [0, 0.1) is 3.57 Å². The molecule has 0 spiro atoms. The van der Waals surface area contributed by atoms with Crippen LogP contribution < -0.4 is 5.32 Å². The molecule has 0 bridgehead atoms. The summed E-state index contributed by atoms with van der Waals surface area (Å²) in [6, 6.07) is 7.37. The van der Waals surface area contributed by atoms with Gasteiger partial charge in [-0.2, -0.15) is 0 Å². The number of hydrogen-bond donors (Lipinski definition) is 2. The highest BCUT2D eigenvalue weighted by Gasteiger charge is 2.04. The van der Waals surface area contributed by atoms with Crippen molar-refractivity contribution in [2.45, 2.75) is 0 Å². The van der Waals surface area contributed by atoms with Crippen LogP contribution in [0.5, 0.6) is 0 Å². The molecule has 0 saturated heterocycles. The molecule has 0 heterocycles. The standard InChI is InChI=1S/C11H14INO3/c12-10-3-1-2-9(8-10)11(15)13-4-6-16-7-5-14/h1-3,8,14H,4-7H2,(H,13,15). The molecule has 0 aliphatic rings. The minimum absolute atomic E-state index is 0.00479. The first kappa shape index (κ1) is 13.4. The summed E-state index contributed by atoms with van der Waals surface area (Å²) in [6.07, 6.45) is 0. The fourth-order valence-electron chi connectivity index (χ4n) is 1.14. The lowest BCUT2D eigenvalue weighted by Gasteiger charge is -2.05. The van der Waals surface area contributed by atoms with Gasteiger partial charge in [0.15, 0.2) is 0 Å². The number of halogens is 1. The number of aliphatic hydroxyl groups excluding tert-OH is 1. The Morgan fingerprint density at radius 1 is 1.44 bits per heavy atom. The van der Waals surface area contributed by atoms with Gasteiger partial charge in [-0.1, -0.05) is 6.07 Å². The van der Waals surface area contributed by atoms with Gasteiger partial charge in [0.2, 0.25) is 0 Å². The lowest BCUT2D eigenvalue weighted by molar-refractivity contribution is 0.0838. The number of hydrogen-bond acceptors (Lipinski definition) is 3. The fraction of sp³-hybridized carbons (Fsp3) is 0.364. The number of rotatable bonds is 6. The first-order valence-corrected chi connectivity index (χ1v) is 6.04. The molecule has 0 saturated carbocycles. The van der Waals surface area contributed by atoms with Crippen molar-refractivity contribution in [3.8, 4) is 0 Å². The van der Waals surface area contributed by atoms with Gasteiger partial charge in [0.25, 0.3) is 5.91 Å². The molecule has 1 aromatic rings. The summed E-state index contributed by atoms with van der Waals surface area (Å²) in [7, 11) is 0. The maximum atomic E-state index is 11.6. The third-order valence-corrected chi connectivity index (χ3v) is 2.53. The fourth-order valence-corrected chi connectivity index (χ4v) is 1.68. The van der Waals surface area contributed by atoms with Crippen molar-refractivity contribution in [3.63, 3.8) is 0 Å². The van der Waals surface area contributed by atoms with Crippen molar-refractivity contribution in [1.82, 2.24) is 5.32 Å². The van der Waals surface area contributed by atoms with Gasteiger partial charge in [0, 0.05) is 15.7 Å². The van der Waals surface area contributed by atoms with Gasteiger partial charge in [0.1, 0.15) is 0 Å². The van der Waals surface area contributed by atoms with Crippen molar-refractivity contribution in [1.29, 1.82) is 0 Å². The Morgan fingerprint density at radius 3 is 2.94 bits per heavy atom. The van der Waals surface area contributed by atoms with Crippen molar-refractivity contribution in [2.24, 2.45) is 0 Å². The van der Waals surface area contributed by atoms with Crippen LogP contribution in [0.1, 0.15) is 10.4 Å². The summed E-state index contributed by atoms with van der Waals surface area (Å²) in [6.45, 7) is 1.17. The molecule has 0 radical (unpaired) electrons. The zero-order valence-electron chi connectivity index (χ0n) is 8.78. The Labute approximate surface area is 108 Å². The second-order valence-electron chi connectivity index (χ2n) is 3.10. The van der Waals surface area contributed by atoms with Gasteiger partial charge < -0.3 is 15.2 Å². The lowest BCUT2D eigenvalue weighted by atomic mass is 10.2. The van der Waals surface area contributed by atoms with Crippen LogP contribution in [0.25, 0.3) is 0 Å². The maximum absolute atomic E-state index is 11.6. The number of nitrogens with one attached hydrogen (secondary N) is 1. The quantitative estimate of drug-likeness (QED) is 0.603. The van der Waals surface area contributed by atoms with E-state index in [-0.39, 0.29) is 12.5 Å². The summed E-state index contributed by atoms with van der Waals surface area (Å²) in [5.74, 6) is -0.105. The number of amides is 1. The van der Waals surface area contributed by atoms with E-state index >= 15 is 0 Å². The number of carbonyl (C=O) groups excluding carboxylic acids is 1. The first-order valence-electron chi connectivity index (χ1n) is 4.96.